The van der Waals surface area contributed by atoms with Crippen molar-refractivity contribution >= 4 is 26.9 Å². The van der Waals surface area contributed by atoms with E-state index in [0.29, 0.717) is 0 Å². The molecule has 0 bridgehead atoms. The Kier molecular flexibility index (Phi) is 5.92. The number of benzene rings is 2. The number of hydrogen-bond donors (Lipinski definition) is 2. The molecule has 1 aliphatic rings. The molecule has 2 aromatic carbocycles. The number of fused-ring (bicyclic) bond motifs is 1. The normalized spacial score (nSPS) is 15.4. The number of ether oxygens (including phenoxy) is 1. The lowest BCUT2D eigenvalue weighted by atomic mass is 9.96. The predicted octanol–water partition coefficient (Wildman–Crippen LogP) is 4.16. The molecule has 4 rings (SSSR count). The van der Waals surface area contributed by atoms with Crippen LogP contribution in [0.5, 0.6) is 0 Å². The van der Waals surface area contributed by atoms with Gasteiger partial charge in [-0.2, -0.15) is 0 Å². The van der Waals surface area contributed by atoms with Crippen LogP contribution in [0.4, 0.5) is 0 Å². The van der Waals surface area contributed by atoms with Crippen molar-refractivity contribution in [2.75, 3.05) is 7.11 Å². The largest absolute Gasteiger partial charge is 0.469 e. The molecule has 0 unspecified atom stereocenters. The zero-order valence-electron chi connectivity index (χ0n) is 17.0. The van der Waals surface area contributed by atoms with Crippen molar-refractivity contribution in [3.05, 3.63) is 54.1 Å². The first-order chi connectivity index (χ1) is 14.5. The summed E-state index contributed by atoms with van der Waals surface area (Å²) in [5, 5.41) is 0.952. The van der Waals surface area contributed by atoms with Crippen LogP contribution >= 0.6 is 0 Å². The molecule has 6 nitrogen and oxygen atoms in total. The molecule has 0 radical (unpaired) electrons. The lowest BCUT2D eigenvalue weighted by Crippen LogP contribution is -2.36. The lowest BCUT2D eigenvalue weighted by molar-refractivity contribution is -0.139. The number of para-hydroxylation sites is 1. The second kappa shape index (κ2) is 8.62. The van der Waals surface area contributed by atoms with Gasteiger partial charge < -0.3 is 9.72 Å². The molecule has 1 aromatic heterocycles. The number of methoxy groups -OCH3 is 1. The maximum Gasteiger partial charge on any atom is 0.310 e. The number of esters is 1. The Hall–Kier alpha value is -2.64. The Labute approximate surface area is 176 Å². The van der Waals surface area contributed by atoms with Gasteiger partial charge in [0.1, 0.15) is 0 Å². The first kappa shape index (κ1) is 20.6. The third kappa shape index (κ3) is 4.27. The number of carbonyl (C=O) groups excluding carboxylic acids is 1. The summed E-state index contributed by atoms with van der Waals surface area (Å²) in [5.41, 5.74) is 3.38. The number of aromatic nitrogens is 1. The van der Waals surface area contributed by atoms with Crippen LogP contribution in [-0.2, 0) is 26.0 Å². The van der Waals surface area contributed by atoms with E-state index < -0.39 is 10.0 Å². The Morgan fingerprint density at radius 3 is 2.47 bits per heavy atom. The molecule has 1 fully saturated rings. The SMILES string of the molecule is COC(=O)Cc1c(-c2ccc(S(=O)(=O)NC3CCCCC3)cc2)[nH]c2ccccc12. The molecule has 1 aliphatic carbocycles. The molecule has 158 valence electrons. The predicted molar refractivity (Wildman–Crippen MR) is 117 cm³/mol. The van der Waals surface area contributed by atoms with Crippen LogP contribution in [0.15, 0.2) is 53.4 Å². The zero-order valence-corrected chi connectivity index (χ0v) is 17.8. The van der Waals surface area contributed by atoms with Gasteiger partial charge in [-0.3, -0.25) is 4.79 Å². The van der Waals surface area contributed by atoms with E-state index in [-0.39, 0.29) is 23.3 Å². The molecule has 0 atom stereocenters. The van der Waals surface area contributed by atoms with Crippen molar-refractivity contribution in [3.8, 4) is 11.3 Å². The van der Waals surface area contributed by atoms with Gasteiger partial charge >= 0.3 is 5.97 Å². The molecule has 30 heavy (non-hydrogen) atoms. The van der Waals surface area contributed by atoms with Crippen LogP contribution in [0.25, 0.3) is 22.2 Å². The van der Waals surface area contributed by atoms with E-state index in [9.17, 15) is 13.2 Å². The van der Waals surface area contributed by atoms with Crippen LogP contribution in [0.3, 0.4) is 0 Å². The number of nitrogens with one attached hydrogen (secondary N) is 2. The van der Waals surface area contributed by atoms with Gasteiger partial charge in [-0.1, -0.05) is 49.6 Å². The molecular weight excluding hydrogens is 400 g/mol. The minimum Gasteiger partial charge on any atom is -0.469 e. The Balaban J connectivity index is 1.64. The molecule has 0 amide bonds. The summed E-state index contributed by atoms with van der Waals surface area (Å²) < 4.78 is 33.2. The third-order valence-electron chi connectivity index (χ3n) is 5.74. The van der Waals surface area contributed by atoms with Crippen molar-refractivity contribution < 1.29 is 17.9 Å². The number of rotatable bonds is 6. The van der Waals surface area contributed by atoms with Crippen molar-refractivity contribution in [2.24, 2.45) is 0 Å². The van der Waals surface area contributed by atoms with Crippen LogP contribution in [-0.4, -0.2) is 32.5 Å². The minimum absolute atomic E-state index is 0.0174. The summed E-state index contributed by atoms with van der Waals surface area (Å²) in [7, 11) is -2.18. The van der Waals surface area contributed by atoms with Gasteiger partial charge in [-0.15, -0.1) is 0 Å². The fraction of sp³-hybridized carbons (Fsp3) is 0.348. The topological polar surface area (TPSA) is 88.3 Å². The van der Waals surface area contributed by atoms with Crippen LogP contribution in [0, 0.1) is 0 Å². The third-order valence-corrected chi connectivity index (χ3v) is 7.28. The Bertz CT molecular complexity index is 1140. The van der Waals surface area contributed by atoms with Gasteiger partial charge in [-0.25, -0.2) is 13.1 Å². The maximum atomic E-state index is 12.8. The monoisotopic (exact) mass is 426 g/mol. The van der Waals surface area contributed by atoms with E-state index in [2.05, 4.69) is 9.71 Å². The first-order valence-corrected chi connectivity index (χ1v) is 11.8. The standard InChI is InChI=1S/C23H26N2O4S/c1-29-22(26)15-20-19-9-5-6-10-21(19)24-23(20)16-11-13-18(14-12-16)30(27,28)25-17-7-3-2-4-8-17/h5-6,9-14,17,24-25H,2-4,7-8,15H2,1H3. The van der Waals surface area contributed by atoms with E-state index in [1.54, 1.807) is 24.3 Å². The summed E-state index contributed by atoms with van der Waals surface area (Å²) in [6.45, 7) is 0. The quantitative estimate of drug-likeness (QED) is 0.579. The highest BCUT2D eigenvalue weighted by atomic mass is 32.2. The number of H-pyrrole nitrogens is 1. The van der Waals surface area contributed by atoms with Crippen LogP contribution in [0.1, 0.15) is 37.7 Å². The number of sulfonamides is 1. The first-order valence-electron chi connectivity index (χ1n) is 10.3. The molecular formula is C23H26N2O4S. The molecule has 1 heterocycles. The van der Waals surface area contributed by atoms with Gasteiger partial charge in [0, 0.05) is 16.9 Å². The molecule has 0 spiro atoms. The van der Waals surface area contributed by atoms with Gasteiger partial charge in [0.05, 0.1) is 24.1 Å². The fourth-order valence-corrected chi connectivity index (χ4v) is 5.46. The molecule has 0 saturated heterocycles. The maximum absolute atomic E-state index is 12.8. The second-order valence-electron chi connectivity index (χ2n) is 7.76. The van der Waals surface area contributed by atoms with Gasteiger partial charge in [0.25, 0.3) is 0 Å². The smallest absolute Gasteiger partial charge is 0.310 e. The number of aromatic amines is 1. The number of hydrogen-bond acceptors (Lipinski definition) is 4. The summed E-state index contributed by atoms with van der Waals surface area (Å²) in [6.07, 6.45) is 5.22. The van der Waals surface area contributed by atoms with Crippen LogP contribution < -0.4 is 4.72 Å². The average Bonchev–Trinajstić information content (AvgIpc) is 3.12. The highest BCUT2D eigenvalue weighted by Crippen LogP contribution is 2.31. The molecule has 7 heteroatoms. The highest BCUT2D eigenvalue weighted by molar-refractivity contribution is 7.89. The summed E-state index contributed by atoms with van der Waals surface area (Å²) in [6, 6.07) is 14.6. The number of carbonyl (C=O) groups is 1. The van der Waals surface area contributed by atoms with Crippen molar-refractivity contribution in [1.82, 2.24) is 9.71 Å². The van der Waals surface area contributed by atoms with E-state index >= 15 is 0 Å². The minimum atomic E-state index is -3.55. The van der Waals surface area contributed by atoms with Gasteiger partial charge in [0.15, 0.2) is 0 Å². The Morgan fingerprint density at radius 1 is 1.07 bits per heavy atom. The van der Waals surface area contributed by atoms with E-state index in [1.807, 2.05) is 24.3 Å². The summed E-state index contributed by atoms with van der Waals surface area (Å²) >= 11 is 0. The van der Waals surface area contributed by atoms with Crippen LogP contribution in [0.2, 0.25) is 0 Å². The molecule has 2 N–H and O–H groups in total. The average molecular weight is 427 g/mol. The fourth-order valence-electron chi connectivity index (χ4n) is 4.16. The Morgan fingerprint density at radius 2 is 1.77 bits per heavy atom. The van der Waals surface area contributed by atoms with E-state index in [4.69, 9.17) is 4.74 Å². The molecule has 0 aliphatic heterocycles. The summed E-state index contributed by atoms with van der Waals surface area (Å²) in [5.74, 6) is -0.322. The molecule has 1 saturated carbocycles. The highest BCUT2D eigenvalue weighted by Gasteiger charge is 2.22. The van der Waals surface area contributed by atoms with Crippen molar-refractivity contribution in [2.45, 2.75) is 49.5 Å². The van der Waals surface area contributed by atoms with Crippen molar-refractivity contribution in [3.63, 3.8) is 0 Å². The van der Waals surface area contributed by atoms with Crippen molar-refractivity contribution in [1.29, 1.82) is 0 Å². The summed E-state index contributed by atoms with van der Waals surface area (Å²) in [4.78, 5) is 15.6. The second-order valence-corrected chi connectivity index (χ2v) is 9.47. The van der Waals surface area contributed by atoms with Gasteiger partial charge in [-0.05, 0) is 42.2 Å². The van der Waals surface area contributed by atoms with E-state index in [1.165, 1.54) is 13.5 Å². The molecule has 3 aromatic rings. The lowest BCUT2D eigenvalue weighted by Gasteiger charge is -2.22. The van der Waals surface area contributed by atoms with Gasteiger partial charge in [0.2, 0.25) is 10.0 Å². The zero-order chi connectivity index (χ0) is 21.1. The van der Waals surface area contributed by atoms with E-state index in [0.717, 1.165) is 53.4 Å².